The van der Waals surface area contributed by atoms with Crippen LogP contribution in [0.2, 0.25) is 0 Å². The second kappa shape index (κ2) is 6.82. The lowest BCUT2D eigenvalue weighted by Gasteiger charge is -2.18. The number of aryl methyl sites for hydroxylation is 2. The van der Waals surface area contributed by atoms with Crippen molar-refractivity contribution in [1.82, 2.24) is 34.4 Å². The number of benzene rings is 1. The number of aromatic amines is 1. The Morgan fingerprint density at radius 3 is 2.53 bits per heavy atom. The molecule has 0 amide bonds. The Hall–Kier alpha value is -2.91. The van der Waals surface area contributed by atoms with Gasteiger partial charge >= 0.3 is 5.69 Å². The molecule has 5 heterocycles. The first-order chi connectivity index (χ1) is 14.1. The molecule has 2 aliphatic rings. The molecular weight excluding hydrogens is 404 g/mol. The normalized spacial score (nSPS) is 20.8. The topological polar surface area (TPSA) is 96.7 Å². The van der Waals surface area contributed by atoms with Gasteiger partial charge in [0.15, 0.2) is 5.65 Å². The Morgan fingerprint density at radius 1 is 1.03 bits per heavy atom. The van der Waals surface area contributed by atoms with Gasteiger partial charge in [0.25, 0.3) is 0 Å². The molecule has 156 valence electrons. The monoisotopic (exact) mass is 426 g/mol. The summed E-state index contributed by atoms with van der Waals surface area (Å²) in [4.78, 5) is 31.9. The summed E-state index contributed by atoms with van der Waals surface area (Å²) in [6, 6.07) is 5.99. The van der Waals surface area contributed by atoms with Crippen LogP contribution in [0.1, 0.15) is 0 Å². The number of rotatable bonds is 2. The first-order valence-electron chi connectivity index (χ1n) is 9.93. The zero-order valence-electron chi connectivity index (χ0n) is 16.8. The molecule has 2 saturated heterocycles. The number of hydrogen-bond acceptors (Lipinski definition) is 6. The van der Waals surface area contributed by atoms with Gasteiger partial charge in [-0.05, 0) is 24.0 Å². The second-order valence-corrected chi connectivity index (χ2v) is 8.16. The van der Waals surface area contributed by atoms with Gasteiger partial charge in [0, 0.05) is 45.8 Å². The van der Waals surface area contributed by atoms with E-state index < -0.39 is 0 Å². The highest BCUT2D eigenvalue weighted by Gasteiger charge is 2.37. The van der Waals surface area contributed by atoms with Crippen LogP contribution < -0.4 is 15.9 Å². The minimum Gasteiger partial charge on any atom is -0.340 e. The molecule has 2 N–H and O–H groups in total. The molecule has 0 bridgehead atoms. The molecule has 30 heavy (non-hydrogen) atoms. The number of H-pyrrole nitrogens is 1. The van der Waals surface area contributed by atoms with Gasteiger partial charge in [0.1, 0.15) is 11.2 Å². The number of aromatic nitrogens is 6. The lowest BCUT2D eigenvalue weighted by atomic mass is 10.0. The summed E-state index contributed by atoms with van der Waals surface area (Å²) < 4.78 is 3.32. The molecule has 0 radical (unpaired) electrons. The van der Waals surface area contributed by atoms with E-state index in [1.165, 1.54) is 0 Å². The third kappa shape index (κ3) is 2.65. The number of imidazole rings is 2. The van der Waals surface area contributed by atoms with Gasteiger partial charge in [-0.25, -0.2) is 14.8 Å². The van der Waals surface area contributed by atoms with E-state index in [4.69, 9.17) is 9.97 Å². The first kappa shape index (κ1) is 19.1. The molecule has 2 unspecified atom stereocenters. The zero-order chi connectivity index (χ0) is 19.7. The second-order valence-electron chi connectivity index (χ2n) is 8.16. The maximum absolute atomic E-state index is 12.3. The van der Waals surface area contributed by atoms with Gasteiger partial charge in [0.2, 0.25) is 5.95 Å². The molecular formula is C20H23ClN8O. The number of anilines is 1. The lowest BCUT2D eigenvalue weighted by Crippen LogP contribution is -2.27. The van der Waals surface area contributed by atoms with Crippen LogP contribution >= 0.6 is 12.4 Å². The van der Waals surface area contributed by atoms with Gasteiger partial charge in [0.05, 0.1) is 17.4 Å². The minimum atomic E-state index is -0.0392. The predicted octanol–water partition coefficient (Wildman–Crippen LogP) is 1.29. The predicted molar refractivity (Wildman–Crippen MR) is 118 cm³/mol. The van der Waals surface area contributed by atoms with Crippen LogP contribution in [0.5, 0.6) is 0 Å². The first-order valence-corrected chi connectivity index (χ1v) is 9.93. The van der Waals surface area contributed by atoms with Crippen LogP contribution in [0.3, 0.4) is 0 Å². The fraction of sp³-hybridized carbons (Fsp3) is 0.400. The average molecular weight is 427 g/mol. The van der Waals surface area contributed by atoms with Crippen molar-refractivity contribution in [2.24, 2.45) is 25.9 Å². The summed E-state index contributed by atoms with van der Waals surface area (Å²) in [5, 5.41) is 3.47. The van der Waals surface area contributed by atoms with Crippen molar-refractivity contribution >= 4 is 40.6 Å². The Balaban J connectivity index is 0.00000193. The molecule has 2 aliphatic heterocycles. The Morgan fingerprint density at radius 2 is 1.77 bits per heavy atom. The SMILES string of the molecule is Cl.Cn1c(=O)n(C)c2cc(-c3nc(N4CC5CNCC5C4)nc4[nH]cnc34)ccc21. The highest BCUT2D eigenvalue weighted by atomic mass is 35.5. The fourth-order valence-corrected chi connectivity index (χ4v) is 4.84. The van der Waals surface area contributed by atoms with Gasteiger partial charge in [-0.1, -0.05) is 6.07 Å². The summed E-state index contributed by atoms with van der Waals surface area (Å²) in [5.41, 5.74) is 4.94. The van der Waals surface area contributed by atoms with E-state index in [1.807, 2.05) is 18.2 Å². The van der Waals surface area contributed by atoms with Crippen LogP contribution in [0.25, 0.3) is 33.5 Å². The van der Waals surface area contributed by atoms with Crippen molar-refractivity contribution in [3.05, 3.63) is 35.0 Å². The van der Waals surface area contributed by atoms with E-state index in [0.717, 1.165) is 65.6 Å². The molecule has 0 aliphatic carbocycles. The Bertz CT molecular complexity index is 1310. The van der Waals surface area contributed by atoms with Crippen LogP contribution in [0.15, 0.2) is 29.3 Å². The van der Waals surface area contributed by atoms with Crippen LogP contribution in [-0.4, -0.2) is 55.2 Å². The third-order valence-electron chi connectivity index (χ3n) is 6.48. The van der Waals surface area contributed by atoms with E-state index in [0.29, 0.717) is 11.8 Å². The van der Waals surface area contributed by atoms with Gasteiger partial charge < -0.3 is 15.2 Å². The summed E-state index contributed by atoms with van der Waals surface area (Å²) in [5.74, 6) is 2.07. The number of hydrogen-bond donors (Lipinski definition) is 2. The highest BCUT2D eigenvalue weighted by molar-refractivity contribution is 5.91. The molecule has 9 nitrogen and oxygen atoms in total. The molecule has 6 rings (SSSR count). The standard InChI is InChI=1S/C20H22N8O.ClH/c1-26-14-4-3-11(5-15(14)27(2)20(26)29)16-17-18(23-10-22-17)25-19(24-16)28-8-12-6-21-7-13(12)9-28;/h3-5,10,12-13,21H,6-9H2,1-2H3,(H,22,23,24,25);1H. The van der Waals surface area contributed by atoms with Crippen molar-refractivity contribution in [3.63, 3.8) is 0 Å². The molecule has 1 aromatic carbocycles. The number of nitrogens with zero attached hydrogens (tertiary/aromatic N) is 6. The molecule has 10 heteroatoms. The molecule has 2 fully saturated rings. The number of fused-ring (bicyclic) bond motifs is 3. The maximum atomic E-state index is 12.3. The van der Waals surface area contributed by atoms with Crippen molar-refractivity contribution in [3.8, 4) is 11.3 Å². The lowest BCUT2D eigenvalue weighted by molar-refractivity contribution is 0.533. The maximum Gasteiger partial charge on any atom is 0.328 e. The van der Waals surface area contributed by atoms with Crippen LogP contribution in [0, 0.1) is 11.8 Å². The summed E-state index contributed by atoms with van der Waals surface area (Å²) in [6.07, 6.45) is 1.66. The average Bonchev–Trinajstić information content (AvgIpc) is 3.48. The Kier molecular flexibility index (Phi) is 4.33. The van der Waals surface area contributed by atoms with E-state index in [-0.39, 0.29) is 18.1 Å². The quantitative estimate of drug-likeness (QED) is 0.501. The van der Waals surface area contributed by atoms with Crippen molar-refractivity contribution < 1.29 is 0 Å². The minimum absolute atomic E-state index is 0. The highest BCUT2D eigenvalue weighted by Crippen LogP contribution is 2.32. The number of halogens is 1. The smallest absolute Gasteiger partial charge is 0.328 e. The Labute approximate surface area is 178 Å². The van der Waals surface area contributed by atoms with E-state index in [1.54, 1.807) is 29.6 Å². The van der Waals surface area contributed by atoms with Crippen LogP contribution in [-0.2, 0) is 14.1 Å². The molecule has 3 aromatic heterocycles. The van der Waals surface area contributed by atoms with E-state index >= 15 is 0 Å². The van der Waals surface area contributed by atoms with Crippen molar-refractivity contribution in [2.75, 3.05) is 31.1 Å². The third-order valence-corrected chi connectivity index (χ3v) is 6.48. The largest absolute Gasteiger partial charge is 0.340 e. The van der Waals surface area contributed by atoms with E-state index in [9.17, 15) is 4.79 Å². The molecule has 2 atom stereocenters. The van der Waals surface area contributed by atoms with Crippen molar-refractivity contribution in [1.29, 1.82) is 0 Å². The molecule has 0 spiro atoms. The molecule has 4 aromatic rings. The van der Waals surface area contributed by atoms with Crippen molar-refractivity contribution in [2.45, 2.75) is 0 Å². The van der Waals surface area contributed by atoms with E-state index in [2.05, 4.69) is 20.2 Å². The summed E-state index contributed by atoms with van der Waals surface area (Å²) in [7, 11) is 3.58. The fourth-order valence-electron chi connectivity index (χ4n) is 4.84. The summed E-state index contributed by atoms with van der Waals surface area (Å²) >= 11 is 0. The zero-order valence-corrected chi connectivity index (χ0v) is 17.6. The van der Waals surface area contributed by atoms with Gasteiger partial charge in [-0.2, -0.15) is 4.98 Å². The van der Waals surface area contributed by atoms with Gasteiger partial charge in [-0.15, -0.1) is 12.4 Å². The van der Waals surface area contributed by atoms with Crippen LogP contribution in [0.4, 0.5) is 5.95 Å². The molecule has 0 saturated carbocycles. The number of nitrogens with one attached hydrogen (secondary N) is 2. The van der Waals surface area contributed by atoms with Gasteiger partial charge in [-0.3, -0.25) is 9.13 Å². The summed E-state index contributed by atoms with van der Waals surface area (Å²) in [6.45, 7) is 4.09.